The van der Waals surface area contributed by atoms with E-state index < -0.39 is 17.8 Å². The summed E-state index contributed by atoms with van der Waals surface area (Å²) in [5, 5.41) is 20.1. The van der Waals surface area contributed by atoms with Gasteiger partial charge in [0.2, 0.25) is 0 Å². The third kappa shape index (κ3) is 2.86. The van der Waals surface area contributed by atoms with Gasteiger partial charge in [-0.3, -0.25) is 4.79 Å². The molecular formula is C16H22O4. The summed E-state index contributed by atoms with van der Waals surface area (Å²) in [4.78, 5) is 12.2. The Labute approximate surface area is 119 Å². The molecule has 110 valence electrons. The predicted octanol–water partition coefficient (Wildman–Crippen LogP) is 2.03. The number of allylic oxidation sites excluding steroid dienone is 3. The highest BCUT2D eigenvalue weighted by Crippen LogP contribution is 2.40. The molecule has 1 aliphatic heterocycles. The van der Waals surface area contributed by atoms with Gasteiger partial charge in [-0.1, -0.05) is 17.7 Å². The van der Waals surface area contributed by atoms with E-state index in [2.05, 4.69) is 0 Å². The Kier molecular flexibility index (Phi) is 3.89. The van der Waals surface area contributed by atoms with Crippen LogP contribution >= 0.6 is 0 Å². The van der Waals surface area contributed by atoms with Gasteiger partial charge >= 0.3 is 0 Å². The fourth-order valence-corrected chi connectivity index (χ4v) is 2.53. The maximum absolute atomic E-state index is 12.2. The van der Waals surface area contributed by atoms with Gasteiger partial charge < -0.3 is 14.9 Å². The van der Waals surface area contributed by atoms with E-state index in [1.165, 1.54) is 0 Å². The van der Waals surface area contributed by atoms with E-state index >= 15 is 0 Å². The molecule has 0 unspecified atom stereocenters. The zero-order valence-corrected chi connectivity index (χ0v) is 12.4. The Morgan fingerprint density at radius 2 is 2.00 bits per heavy atom. The summed E-state index contributed by atoms with van der Waals surface area (Å²) in [6.45, 7) is 7.58. The summed E-state index contributed by atoms with van der Waals surface area (Å²) >= 11 is 0. The Balaban J connectivity index is 2.52. The first kappa shape index (κ1) is 15.0. The van der Waals surface area contributed by atoms with Gasteiger partial charge in [-0.2, -0.15) is 0 Å². The molecule has 2 rings (SSSR count). The zero-order valence-electron chi connectivity index (χ0n) is 12.4. The fraction of sp³-hybridized carbons (Fsp3) is 0.562. The Morgan fingerprint density at radius 3 is 2.60 bits per heavy atom. The van der Waals surface area contributed by atoms with Gasteiger partial charge in [0.15, 0.2) is 5.78 Å². The molecule has 0 saturated carbocycles. The summed E-state index contributed by atoms with van der Waals surface area (Å²) in [6.07, 6.45) is 2.04. The molecule has 0 amide bonds. The number of carbonyl (C=O) groups is 1. The van der Waals surface area contributed by atoms with Gasteiger partial charge in [0.05, 0.1) is 12.5 Å². The molecule has 0 spiro atoms. The summed E-state index contributed by atoms with van der Waals surface area (Å²) in [7, 11) is 0. The van der Waals surface area contributed by atoms with E-state index in [4.69, 9.17) is 4.74 Å². The Morgan fingerprint density at radius 1 is 1.35 bits per heavy atom. The largest absolute Gasteiger partial charge is 0.487 e. The lowest BCUT2D eigenvalue weighted by atomic mass is 9.81. The van der Waals surface area contributed by atoms with Crippen molar-refractivity contribution in [3.8, 4) is 0 Å². The van der Waals surface area contributed by atoms with Crippen LogP contribution in [0.5, 0.6) is 0 Å². The number of ether oxygens (including phenoxy) is 1. The van der Waals surface area contributed by atoms with Crippen molar-refractivity contribution in [1.82, 2.24) is 0 Å². The minimum Gasteiger partial charge on any atom is -0.487 e. The molecular weight excluding hydrogens is 256 g/mol. The predicted molar refractivity (Wildman–Crippen MR) is 76.0 cm³/mol. The molecule has 4 heteroatoms. The second-order valence-corrected chi connectivity index (χ2v) is 6.35. The second kappa shape index (κ2) is 5.19. The monoisotopic (exact) mass is 278 g/mol. The normalized spacial score (nSPS) is 30.9. The Hall–Kier alpha value is -1.39. The first-order chi connectivity index (χ1) is 9.21. The van der Waals surface area contributed by atoms with Crippen molar-refractivity contribution in [2.75, 3.05) is 0 Å². The molecule has 0 bridgehead atoms. The van der Waals surface area contributed by atoms with Crippen LogP contribution in [0.25, 0.3) is 0 Å². The number of aliphatic hydroxyl groups is 2. The standard InChI is InChI=1S/C16H22O4/c1-9(2)5-6-10-14(19)12(17)7-11-13(18)8-16(3,4)20-15(10)11/h5-6,12,14,17,19H,7-8H2,1-4H3/b10-6+/t12-,14+/m0/s1. The number of aliphatic hydroxyl groups excluding tert-OH is 2. The minimum absolute atomic E-state index is 0.00898. The lowest BCUT2D eigenvalue weighted by Gasteiger charge is -2.39. The van der Waals surface area contributed by atoms with E-state index in [1.807, 2.05) is 33.8 Å². The molecule has 2 N–H and O–H groups in total. The minimum atomic E-state index is -1.02. The summed E-state index contributed by atoms with van der Waals surface area (Å²) in [6, 6.07) is 0. The molecule has 0 aromatic heterocycles. The SMILES string of the molecule is CC(C)=C/C=C1/C2=C(C[C@H](O)[C@@H]1O)C(=O)CC(C)(C)O2. The van der Waals surface area contributed by atoms with Crippen molar-refractivity contribution in [3.05, 3.63) is 34.6 Å². The van der Waals surface area contributed by atoms with Crippen LogP contribution in [0.3, 0.4) is 0 Å². The average molecular weight is 278 g/mol. The van der Waals surface area contributed by atoms with Crippen molar-refractivity contribution >= 4 is 5.78 Å². The first-order valence-corrected chi connectivity index (χ1v) is 6.88. The van der Waals surface area contributed by atoms with E-state index in [0.29, 0.717) is 23.3 Å². The lowest BCUT2D eigenvalue weighted by Crippen LogP contribution is -2.42. The van der Waals surface area contributed by atoms with Crippen LogP contribution in [0.4, 0.5) is 0 Å². The third-order valence-electron chi connectivity index (χ3n) is 3.53. The highest BCUT2D eigenvalue weighted by atomic mass is 16.5. The highest BCUT2D eigenvalue weighted by Gasteiger charge is 2.42. The molecule has 0 fully saturated rings. The molecule has 0 radical (unpaired) electrons. The first-order valence-electron chi connectivity index (χ1n) is 6.88. The van der Waals surface area contributed by atoms with Gasteiger partial charge in [0, 0.05) is 17.6 Å². The molecule has 0 aromatic rings. The fourth-order valence-electron chi connectivity index (χ4n) is 2.53. The highest BCUT2D eigenvalue weighted by molar-refractivity contribution is 5.98. The second-order valence-electron chi connectivity index (χ2n) is 6.35. The third-order valence-corrected chi connectivity index (χ3v) is 3.53. The van der Waals surface area contributed by atoms with Gasteiger partial charge in [-0.25, -0.2) is 0 Å². The summed E-state index contributed by atoms with van der Waals surface area (Å²) in [5.74, 6) is 0.437. The van der Waals surface area contributed by atoms with Gasteiger partial charge in [0.1, 0.15) is 17.5 Å². The number of Topliss-reactive ketones (excluding diaryl/α,β-unsaturated/α-hetero) is 1. The van der Waals surface area contributed by atoms with E-state index in [-0.39, 0.29) is 12.2 Å². The van der Waals surface area contributed by atoms with Crippen LogP contribution in [0.2, 0.25) is 0 Å². The van der Waals surface area contributed by atoms with Crippen molar-refractivity contribution < 1.29 is 19.7 Å². The molecule has 4 nitrogen and oxygen atoms in total. The van der Waals surface area contributed by atoms with Gasteiger partial charge in [-0.05, 0) is 27.7 Å². The van der Waals surface area contributed by atoms with Crippen LogP contribution in [0.15, 0.2) is 34.6 Å². The number of hydrogen-bond acceptors (Lipinski definition) is 4. The van der Waals surface area contributed by atoms with Crippen molar-refractivity contribution in [2.24, 2.45) is 0 Å². The van der Waals surface area contributed by atoms with Crippen LogP contribution in [-0.4, -0.2) is 33.8 Å². The van der Waals surface area contributed by atoms with Crippen LogP contribution in [0.1, 0.15) is 40.5 Å². The maximum atomic E-state index is 12.2. The van der Waals surface area contributed by atoms with Crippen molar-refractivity contribution in [2.45, 2.75) is 58.3 Å². The molecule has 2 atom stereocenters. The van der Waals surface area contributed by atoms with Crippen molar-refractivity contribution in [3.63, 3.8) is 0 Å². The molecule has 0 aromatic carbocycles. The van der Waals surface area contributed by atoms with Crippen LogP contribution in [0, 0.1) is 0 Å². The summed E-state index contributed by atoms with van der Waals surface area (Å²) < 4.78 is 5.90. The maximum Gasteiger partial charge on any atom is 0.166 e. The number of hydrogen-bond donors (Lipinski definition) is 2. The van der Waals surface area contributed by atoms with Gasteiger partial charge in [-0.15, -0.1) is 0 Å². The quantitative estimate of drug-likeness (QED) is 0.770. The zero-order chi connectivity index (χ0) is 15.1. The van der Waals surface area contributed by atoms with Crippen molar-refractivity contribution in [1.29, 1.82) is 0 Å². The topological polar surface area (TPSA) is 66.8 Å². The lowest BCUT2D eigenvalue weighted by molar-refractivity contribution is -0.124. The Bertz CT molecular complexity index is 519. The number of carbonyl (C=O) groups excluding carboxylic acids is 1. The average Bonchev–Trinajstić information content (AvgIpc) is 2.30. The number of ketones is 1. The molecule has 1 aliphatic carbocycles. The van der Waals surface area contributed by atoms with E-state index in [9.17, 15) is 15.0 Å². The summed E-state index contributed by atoms with van der Waals surface area (Å²) in [5.41, 5.74) is 1.46. The molecule has 2 aliphatic rings. The smallest absolute Gasteiger partial charge is 0.166 e. The molecule has 0 saturated heterocycles. The van der Waals surface area contributed by atoms with Crippen LogP contribution < -0.4 is 0 Å². The van der Waals surface area contributed by atoms with Crippen LogP contribution in [-0.2, 0) is 9.53 Å². The van der Waals surface area contributed by atoms with Gasteiger partial charge in [0.25, 0.3) is 0 Å². The van der Waals surface area contributed by atoms with E-state index in [0.717, 1.165) is 5.57 Å². The molecule has 1 heterocycles. The van der Waals surface area contributed by atoms with E-state index in [1.54, 1.807) is 6.08 Å². The molecule has 20 heavy (non-hydrogen) atoms. The number of rotatable bonds is 1.